The molecule has 2 rings (SSSR count). The van der Waals surface area contributed by atoms with Crippen molar-refractivity contribution in [1.29, 1.82) is 0 Å². The number of imidazole rings is 1. The lowest BCUT2D eigenvalue weighted by Gasteiger charge is -2.06. The van der Waals surface area contributed by atoms with Crippen molar-refractivity contribution in [2.24, 2.45) is 0 Å². The first-order valence-electron chi connectivity index (χ1n) is 5.02. The van der Waals surface area contributed by atoms with Crippen LogP contribution in [0, 0.1) is 5.82 Å². The SMILES string of the molecule is O=C(Nc1cc(F)ccc1Br)c1nc[nH]c1C(=O)O. The Labute approximate surface area is 114 Å². The summed E-state index contributed by atoms with van der Waals surface area (Å²) in [5.41, 5.74) is -0.418. The van der Waals surface area contributed by atoms with E-state index in [9.17, 15) is 14.0 Å². The third kappa shape index (κ3) is 2.79. The molecule has 6 nitrogen and oxygen atoms in total. The lowest BCUT2D eigenvalue weighted by Crippen LogP contribution is -2.17. The fourth-order valence-electron chi connectivity index (χ4n) is 1.40. The van der Waals surface area contributed by atoms with E-state index in [2.05, 4.69) is 31.2 Å². The largest absolute Gasteiger partial charge is 0.477 e. The van der Waals surface area contributed by atoms with Crippen LogP contribution in [0.3, 0.4) is 0 Å². The number of anilines is 1. The van der Waals surface area contributed by atoms with Gasteiger partial charge in [-0.25, -0.2) is 14.2 Å². The van der Waals surface area contributed by atoms with Crippen LogP contribution in [0.2, 0.25) is 0 Å². The predicted molar refractivity (Wildman–Crippen MR) is 67.6 cm³/mol. The van der Waals surface area contributed by atoms with E-state index in [0.29, 0.717) is 4.47 Å². The number of nitrogens with zero attached hydrogens (tertiary/aromatic N) is 1. The number of carboxylic acids is 1. The quantitative estimate of drug-likeness (QED) is 0.805. The average Bonchev–Trinajstić information content (AvgIpc) is 2.83. The molecule has 98 valence electrons. The number of halogens is 2. The molecule has 0 fully saturated rings. The van der Waals surface area contributed by atoms with Crippen LogP contribution >= 0.6 is 15.9 Å². The van der Waals surface area contributed by atoms with E-state index >= 15 is 0 Å². The maximum atomic E-state index is 13.1. The maximum Gasteiger partial charge on any atom is 0.354 e. The van der Waals surface area contributed by atoms with Crippen LogP contribution in [-0.2, 0) is 0 Å². The first-order valence-corrected chi connectivity index (χ1v) is 5.81. The Kier molecular flexibility index (Phi) is 3.61. The Bertz CT molecular complexity index is 656. The molecule has 0 unspecified atom stereocenters. The van der Waals surface area contributed by atoms with Crippen LogP contribution in [0.15, 0.2) is 29.0 Å². The van der Waals surface area contributed by atoms with Crippen LogP contribution in [0.25, 0.3) is 0 Å². The molecule has 0 saturated carbocycles. The highest BCUT2D eigenvalue weighted by Crippen LogP contribution is 2.23. The highest BCUT2D eigenvalue weighted by molar-refractivity contribution is 9.10. The smallest absolute Gasteiger partial charge is 0.354 e. The third-order valence-corrected chi connectivity index (χ3v) is 2.94. The van der Waals surface area contributed by atoms with Crippen LogP contribution in [0.4, 0.5) is 10.1 Å². The lowest BCUT2D eigenvalue weighted by atomic mass is 10.2. The molecular formula is C11H7BrFN3O3. The molecule has 0 aliphatic carbocycles. The number of aromatic nitrogens is 2. The van der Waals surface area contributed by atoms with Gasteiger partial charge in [0, 0.05) is 4.47 Å². The highest BCUT2D eigenvalue weighted by atomic mass is 79.9. The van der Waals surface area contributed by atoms with Crippen LogP contribution < -0.4 is 5.32 Å². The molecular weight excluding hydrogens is 321 g/mol. The molecule has 1 aromatic heterocycles. The summed E-state index contributed by atoms with van der Waals surface area (Å²) < 4.78 is 13.5. The van der Waals surface area contributed by atoms with Crippen molar-refractivity contribution >= 4 is 33.5 Å². The van der Waals surface area contributed by atoms with Gasteiger partial charge in [0.1, 0.15) is 5.82 Å². The van der Waals surface area contributed by atoms with Gasteiger partial charge in [-0.1, -0.05) is 0 Å². The number of hydrogen-bond acceptors (Lipinski definition) is 3. The number of aromatic amines is 1. The van der Waals surface area contributed by atoms with Crippen molar-refractivity contribution in [3.63, 3.8) is 0 Å². The van der Waals surface area contributed by atoms with E-state index in [4.69, 9.17) is 5.11 Å². The van der Waals surface area contributed by atoms with E-state index in [0.717, 1.165) is 12.4 Å². The fourth-order valence-corrected chi connectivity index (χ4v) is 1.75. The minimum atomic E-state index is -1.30. The number of rotatable bonds is 3. The van der Waals surface area contributed by atoms with Gasteiger partial charge in [0.25, 0.3) is 5.91 Å². The Hall–Kier alpha value is -2.22. The second-order valence-corrected chi connectivity index (χ2v) is 4.36. The molecule has 0 bridgehead atoms. The van der Waals surface area contributed by atoms with Crippen molar-refractivity contribution in [2.75, 3.05) is 5.32 Å². The molecule has 0 aliphatic heterocycles. The van der Waals surface area contributed by atoms with Gasteiger partial charge in [0.2, 0.25) is 0 Å². The zero-order valence-electron chi connectivity index (χ0n) is 9.28. The molecule has 1 heterocycles. The lowest BCUT2D eigenvalue weighted by molar-refractivity contribution is 0.0686. The van der Waals surface area contributed by atoms with E-state index in [1.807, 2.05) is 0 Å². The highest BCUT2D eigenvalue weighted by Gasteiger charge is 2.20. The summed E-state index contributed by atoms with van der Waals surface area (Å²) in [5.74, 6) is -2.58. The number of benzene rings is 1. The second kappa shape index (κ2) is 5.19. The van der Waals surface area contributed by atoms with Gasteiger partial charge in [0.05, 0.1) is 12.0 Å². The number of amides is 1. The standard InChI is InChI=1S/C11H7BrFN3O3/c12-6-2-1-5(13)3-7(6)16-10(17)8-9(11(18)19)15-4-14-8/h1-4H,(H,14,15)(H,16,17)(H,18,19). The molecule has 0 atom stereocenters. The molecule has 8 heteroatoms. The summed E-state index contributed by atoms with van der Waals surface area (Å²) in [4.78, 5) is 28.7. The van der Waals surface area contributed by atoms with Crippen molar-refractivity contribution in [1.82, 2.24) is 9.97 Å². The number of H-pyrrole nitrogens is 1. The van der Waals surface area contributed by atoms with Crippen molar-refractivity contribution in [3.05, 3.63) is 46.2 Å². The second-order valence-electron chi connectivity index (χ2n) is 3.51. The Balaban J connectivity index is 2.28. The summed E-state index contributed by atoms with van der Waals surface area (Å²) in [6.45, 7) is 0. The molecule has 19 heavy (non-hydrogen) atoms. The molecule has 0 radical (unpaired) electrons. The molecule has 3 N–H and O–H groups in total. The summed E-state index contributed by atoms with van der Waals surface area (Å²) in [7, 11) is 0. The Morgan fingerprint density at radius 3 is 2.84 bits per heavy atom. The molecule has 0 saturated heterocycles. The number of carbonyl (C=O) groups excluding carboxylic acids is 1. The maximum absolute atomic E-state index is 13.1. The summed E-state index contributed by atoms with van der Waals surface area (Å²) in [5, 5.41) is 11.2. The molecule has 0 aliphatic rings. The monoisotopic (exact) mass is 327 g/mol. The Morgan fingerprint density at radius 2 is 2.16 bits per heavy atom. The average molecular weight is 328 g/mol. The van der Waals surface area contributed by atoms with Gasteiger partial charge < -0.3 is 15.4 Å². The third-order valence-electron chi connectivity index (χ3n) is 2.24. The van der Waals surface area contributed by atoms with Crippen LogP contribution in [-0.4, -0.2) is 27.0 Å². The van der Waals surface area contributed by atoms with Gasteiger partial charge in [0.15, 0.2) is 11.4 Å². The summed E-state index contributed by atoms with van der Waals surface area (Å²) in [6.07, 6.45) is 1.10. The number of carboxylic acid groups (broad SMARTS) is 1. The normalized spacial score (nSPS) is 10.2. The minimum absolute atomic E-state index is 0.185. The van der Waals surface area contributed by atoms with Crippen LogP contribution in [0.1, 0.15) is 21.0 Å². The van der Waals surface area contributed by atoms with Gasteiger partial charge in [-0.05, 0) is 34.1 Å². The molecule has 1 amide bonds. The number of carbonyl (C=O) groups is 2. The Morgan fingerprint density at radius 1 is 1.42 bits per heavy atom. The number of hydrogen-bond donors (Lipinski definition) is 3. The van der Waals surface area contributed by atoms with Crippen molar-refractivity contribution in [2.45, 2.75) is 0 Å². The summed E-state index contributed by atoms with van der Waals surface area (Å²) >= 11 is 3.14. The topological polar surface area (TPSA) is 95.1 Å². The first-order chi connectivity index (χ1) is 8.99. The minimum Gasteiger partial charge on any atom is -0.477 e. The zero-order valence-corrected chi connectivity index (χ0v) is 10.9. The fraction of sp³-hybridized carbons (Fsp3) is 0. The molecule has 2 aromatic rings. The predicted octanol–water partition coefficient (Wildman–Crippen LogP) is 2.26. The number of aromatic carboxylic acids is 1. The van der Waals surface area contributed by atoms with E-state index in [1.165, 1.54) is 12.1 Å². The van der Waals surface area contributed by atoms with Gasteiger partial charge in [-0.3, -0.25) is 4.79 Å². The zero-order chi connectivity index (χ0) is 14.0. The first kappa shape index (κ1) is 13.2. The summed E-state index contributed by atoms with van der Waals surface area (Å²) in [6, 6.07) is 3.75. The number of nitrogens with one attached hydrogen (secondary N) is 2. The van der Waals surface area contributed by atoms with Crippen molar-refractivity contribution in [3.8, 4) is 0 Å². The van der Waals surface area contributed by atoms with Gasteiger partial charge in [-0.15, -0.1) is 0 Å². The van der Waals surface area contributed by atoms with Gasteiger partial charge in [-0.2, -0.15) is 0 Å². The van der Waals surface area contributed by atoms with Crippen molar-refractivity contribution < 1.29 is 19.1 Å². The van der Waals surface area contributed by atoms with E-state index in [1.54, 1.807) is 0 Å². The van der Waals surface area contributed by atoms with E-state index < -0.39 is 17.7 Å². The molecule has 1 aromatic carbocycles. The molecule has 0 spiro atoms. The van der Waals surface area contributed by atoms with Crippen LogP contribution in [0.5, 0.6) is 0 Å². The van der Waals surface area contributed by atoms with E-state index in [-0.39, 0.29) is 17.1 Å². The van der Waals surface area contributed by atoms with Gasteiger partial charge >= 0.3 is 5.97 Å².